The maximum Gasteiger partial charge on any atom is 0.161 e. The number of carbonyl (C=O) groups is 1. The molecule has 0 saturated carbocycles. The van der Waals surface area contributed by atoms with Crippen molar-refractivity contribution in [2.75, 3.05) is 18.1 Å². The minimum atomic E-state index is -0.0525. The van der Waals surface area contributed by atoms with Gasteiger partial charge in [0, 0.05) is 24.3 Å². The highest BCUT2D eigenvalue weighted by molar-refractivity contribution is 6.34. The van der Waals surface area contributed by atoms with Gasteiger partial charge in [-0.1, -0.05) is 41.9 Å². The van der Waals surface area contributed by atoms with Gasteiger partial charge in [0.25, 0.3) is 0 Å². The largest absolute Gasteiger partial charge is 0.395 e. The minimum Gasteiger partial charge on any atom is -0.395 e. The zero-order valence-electron chi connectivity index (χ0n) is 11.9. The van der Waals surface area contributed by atoms with Crippen molar-refractivity contribution in [2.24, 2.45) is 0 Å². The molecule has 0 unspecified atom stereocenters. The van der Waals surface area contributed by atoms with E-state index in [1.807, 2.05) is 41.3 Å². The van der Waals surface area contributed by atoms with Gasteiger partial charge in [-0.05, 0) is 30.7 Å². The van der Waals surface area contributed by atoms with Crippen molar-refractivity contribution in [3.63, 3.8) is 0 Å². The van der Waals surface area contributed by atoms with Gasteiger partial charge in [0.1, 0.15) is 0 Å². The number of aliphatic hydroxyl groups is 1. The lowest BCUT2D eigenvalue weighted by Crippen LogP contribution is -2.26. The Morgan fingerprint density at radius 2 is 1.90 bits per heavy atom. The number of Topliss-reactive ketones (excluding diaryl/α,β-unsaturated/α-hetero) is 1. The van der Waals surface area contributed by atoms with Crippen LogP contribution in [0.5, 0.6) is 0 Å². The topological polar surface area (TPSA) is 40.5 Å². The van der Waals surface area contributed by atoms with E-state index in [1.54, 1.807) is 12.1 Å². The predicted molar refractivity (Wildman–Crippen MR) is 86.0 cm³/mol. The summed E-state index contributed by atoms with van der Waals surface area (Å²) >= 11 is 6.16. The molecule has 0 aliphatic heterocycles. The van der Waals surface area contributed by atoms with Gasteiger partial charge in [-0.25, -0.2) is 0 Å². The number of anilines is 1. The summed E-state index contributed by atoms with van der Waals surface area (Å²) in [6, 6.07) is 15.4. The summed E-state index contributed by atoms with van der Waals surface area (Å²) in [6.07, 6.45) is 0. The van der Waals surface area contributed by atoms with E-state index in [0.29, 0.717) is 23.7 Å². The molecule has 0 radical (unpaired) electrons. The minimum absolute atomic E-state index is 0.0525. The van der Waals surface area contributed by atoms with Gasteiger partial charge < -0.3 is 10.0 Å². The molecule has 0 amide bonds. The molecule has 4 heteroatoms. The number of carbonyl (C=O) groups excluding carboxylic acids is 1. The van der Waals surface area contributed by atoms with Crippen LogP contribution in [0.15, 0.2) is 48.5 Å². The Balaban J connectivity index is 2.26. The lowest BCUT2D eigenvalue weighted by atomic mass is 10.1. The first-order chi connectivity index (χ1) is 10.1. The lowest BCUT2D eigenvalue weighted by molar-refractivity contribution is 0.101. The van der Waals surface area contributed by atoms with E-state index in [2.05, 4.69) is 0 Å². The Morgan fingerprint density at radius 3 is 2.48 bits per heavy atom. The summed E-state index contributed by atoms with van der Waals surface area (Å²) in [7, 11) is 0. The molecular weight excluding hydrogens is 286 g/mol. The van der Waals surface area contributed by atoms with Gasteiger partial charge in [-0.3, -0.25) is 4.79 Å². The third-order valence-corrected chi connectivity index (χ3v) is 3.60. The van der Waals surface area contributed by atoms with E-state index in [1.165, 1.54) is 6.92 Å². The summed E-state index contributed by atoms with van der Waals surface area (Å²) in [5.41, 5.74) is 2.56. The van der Waals surface area contributed by atoms with Crippen LogP contribution in [0.3, 0.4) is 0 Å². The van der Waals surface area contributed by atoms with Gasteiger partial charge in [0.2, 0.25) is 0 Å². The average molecular weight is 304 g/mol. The van der Waals surface area contributed by atoms with Gasteiger partial charge >= 0.3 is 0 Å². The van der Waals surface area contributed by atoms with Crippen LogP contribution < -0.4 is 4.90 Å². The molecule has 0 aliphatic carbocycles. The second-order valence-corrected chi connectivity index (χ2v) is 5.26. The highest BCUT2D eigenvalue weighted by atomic mass is 35.5. The SMILES string of the molecule is CC(=O)c1ccc(N(CCO)Cc2ccccc2)cc1Cl. The molecular formula is C17H18ClNO2. The van der Waals surface area contributed by atoms with Crippen LogP contribution in [-0.2, 0) is 6.54 Å². The molecule has 2 rings (SSSR count). The lowest BCUT2D eigenvalue weighted by Gasteiger charge is -2.24. The van der Waals surface area contributed by atoms with Crippen LogP contribution in [0.4, 0.5) is 5.69 Å². The van der Waals surface area contributed by atoms with Gasteiger partial charge in [0.15, 0.2) is 5.78 Å². The molecule has 0 aliphatic rings. The summed E-state index contributed by atoms with van der Waals surface area (Å²) in [5, 5.41) is 9.70. The second kappa shape index (κ2) is 7.25. The Kier molecular flexibility index (Phi) is 5.37. The molecule has 3 nitrogen and oxygen atoms in total. The van der Waals surface area contributed by atoms with E-state index >= 15 is 0 Å². The van der Waals surface area contributed by atoms with Crippen LogP contribution >= 0.6 is 11.6 Å². The standard InChI is InChI=1S/C17H18ClNO2/c1-13(21)16-8-7-15(11-17(16)18)19(9-10-20)12-14-5-3-2-4-6-14/h2-8,11,20H,9-10,12H2,1H3. The van der Waals surface area contributed by atoms with Crippen molar-refractivity contribution in [3.8, 4) is 0 Å². The summed E-state index contributed by atoms with van der Waals surface area (Å²) in [6.45, 7) is 2.73. The Bertz CT molecular complexity index is 613. The van der Waals surface area contributed by atoms with Crippen LogP contribution in [0.1, 0.15) is 22.8 Å². The maximum atomic E-state index is 11.4. The van der Waals surface area contributed by atoms with Gasteiger partial charge in [0.05, 0.1) is 11.6 Å². The molecule has 0 fully saturated rings. The first-order valence-corrected chi connectivity index (χ1v) is 7.20. The third kappa shape index (κ3) is 4.06. The summed E-state index contributed by atoms with van der Waals surface area (Å²) in [5.74, 6) is -0.0525. The highest BCUT2D eigenvalue weighted by Crippen LogP contribution is 2.25. The van der Waals surface area contributed by atoms with Crippen LogP contribution in [0.25, 0.3) is 0 Å². The second-order valence-electron chi connectivity index (χ2n) is 4.85. The van der Waals surface area contributed by atoms with Crippen molar-refractivity contribution in [3.05, 3.63) is 64.7 Å². The van der Waals surface area contributed by atoms with Crippen LogP contribution in [-0.4, -0.2) is 24.0 Å². The van der Waals surface area contributed by atoms with E-state index in [0.717, 1.165) is 11.3 Å². The smallest absolute Gasteiger partial charge is 0.161 e. The van der Waals surface area contributed by atoms with E-state index in [9.17, 15) is 9.90 Å². The third-order valence-electron chi connectivity index (χ3n) is 3.28. The highest BCUT2D eigenvalue weighted by Gasteiger charge is 2.11. The van der Waals surface area contributed by atoms with Crippen molar-refractivity contribution >= 4 is 23.1 Å². The monoisotopic (exact) mass is 303 g/mol. The predicted octanol–water partition coefficient (Wildman–Crippen LogP) is 3.54. The number of halogens is 1. The van der Waals surface area contributed by atoms with E-state index in [4.69, 9.17) is 11.6 Å². The number of benzene rings is 2. The molecule has 110 valence electrons. The maximum absolute atomic E-state index is 11.4. The molecule has 0 bridgehead atoms. The molecule has 0 spiro atoms. The molecule has 0 heterocycles. The molecule has 2 aromatic carbocycles. The van der Waals surface area contributed by atoms with E-state index in [-0.39, 0.29) is 12.4 Å². The molecule has 1 N–H and O–H groups in total. The van der Waals surface area contributed by atoms with Crippen molar-refractivity contribution in [1.29, 1.82) is 0 Å². The number of hydrogen-bond acceptors (Lipinski definition) is 3. The number of ketones is 1. The first kappa shape index (κ1) is 15.5. The molecule has 21 heavy (non-hydrogen) atoms. The van der Waals surface area contributed by atoms with Gasteiger partial charge in [-0.2, -0.15) is 0 Å². The molecule has 0 aromatic heterocycles. The first-order valence-electron chi connectivity index (χ1n) is 6.82. The van der Waals surface area contributed by atoms with Crippen molar-refractivity contribution < 1.29 is 9.90 Å². The van der Waals surface area contributed by atoms with Crippen LogP contribution in [0.2, 0.25) is 5.02 Å². The number of nitrogens with zero attached hydrogens (tertiary/aromatic N) is 1. The van der Waals surface area contributed by atoms with Crippen LogP contribution in [0, 0.1) is 0 Å². The fraction of sp³-hybridized carbons (Fsp3) is 0.235. The number of rotatable bonds is 6. The zero-order chi connectivity index (χ0) is 15.2. The quantitative estimate of drug-likeness (QED) is 0.830. The zero-order valence-corrected chi connectivity index (χ0v) is 12.7. The molecule has 0 saturated heterocycles. The Morgan fingerprint density at radius 1 is 1.19 bits per heavy atom. The number of hydrogen-bond donors (Lipinski definition) is 1. The van der Waals surface area contributed by atoms with Gasteiger partial charge in [-0.15, -0.1) is 0 Å². The van der Waals surface area contributed by atoms with E-state index < -0.39 is 0 Å². The van der Waals surface area contributed by atoms with Crippen molar-refractivity contribution in [1.82, 2.24) is 0 Å². The fourth-order valence-corrected chi connectivity index (χ4v) is 2.52. The summed E-state index contributed by atoms with van der Waals surface area (Å²) < 4.78 is 0. The number of aliphatic hydroxyl groups excluding tert-OH is 1. The Labute approximate surface area is 129 Å². The van der Waals surface area contributed by atoms with Crippen molar-refractivity contribution in [2.45, 2.75) is 13.5 Å². The molecule has 0 atom stereocenters. The molecule has 2 aromatic rings. The average Bonchev–Trinajstić information content (AvgIpc) is 2.47. The summed E-state index contributed by atoms with van der Waals surface area (Å²) in [4.78, 5) is 13.5. The fourth-order valence-electron chi connectivity index (χ4n) is 2.21. The Hall–Kier alpha value is -1.84. The normalized spacial score (nSPS) is 10.4.